The van der Waals surface area contributed by atoms with Gasteiger partial charge in [0.05, 0.1) is 12.8 Å². The highest BCUT2D eigenvalue weighted by molar-refractivity contribution is 5.70. The maximum Gasteiger partial charge on any atom is 0.165 e. The van der Waals surface area contributed by atoms with Crippen molar-refractivity contribution < 1.29 is 9.13 Å². The number of aromatic nitrogens is 2. The molecular formula is C21H21FN2O. The number of halogens is 1. The van der Waals surface area contributed by atoms with E-state index in [4.69, 9.17) is 9.72 Å². The van der Waals surface area contributed by atoms with Gasteiger partial charge >= 0.3 is 0 Å². The highest BCUT2D eigenvalue weighted by atomic mass is 19.1. The molecule has 0 atom stereocenters. The molecule has 0 spiro atoms. The summed E-state index contributed by atoms with van der Waals surface area (Å²) in [7, 11) is 1.47. The molecule has 0 saturated heterocycles. The molecule has 3 nitrogen and oxygen atoms in total. The summed E-state index contributed by atoms with van der Waals surface area (Å²) >= 11 is 0. The lowest BCUT2D eigenvalue weighted by atomic mass is 9.94. The number of hydrogen-bond donors (Lipinski definition) is 0. The van der Waals surface area contributed by atoms with E-state index in [1.165, 1.54) is 37.2 Å². The lowest BCUT2D eigenvalue weighted by Crippen LogP contribution is -1.96. The Morgan fingerprint density at radius 3 is 2.72 bits per heavy atom. The Hall–Kier alpha value is -2.62. The fourth-order valence-electron chi connectivity index (χ4n) is 3.51. The van der Waals surface area contributed by atoms with Gasteiger partial charge in [-0.3, -0.25) is 0 Å². The lowest BCUT2D eigenvalue weighted by molar-refractivity contribution is 0.386. The maximum absolute atomic E-state index is 14.0. The topological polar surface area (TPSA) is 26.5 Å². The maximum atomic E-state index is 14.0. The van der Waals surface area contributed by atoms with Crippen molar-refractivity contribution in [3.8, 4) is 17.0 Å². The van der Waals surface area contributed by atoms with Crippen molar-refractivity contribution in [2.45, 2.75) is 32.6 Å². The highest BCUT2D eigenvalue weighted by Gasteiger charge is 2.13. The Kier molecular flexibility index (Phi) is 4.04. The van der Waals surface area contributed by atoms with E-state index < -0.39 is 0 Å². The quantitative estimate of drug-likeness (QED) is 0.639. The SMILES string of the molecule is COc1ccc(-c2cn3cc(C4=CCCCC4)cc(C)c3n2)cc1F. The average Bonchev–Trinajstić information content (AvgIpc) is 3.07. The number of pyridine rings is 1. The van der Waals surface area contributed by atoms with Crippen LogP contribution in [0.1, 0.15) is 36.8 Å². The number of nitrogens with zero attached hydrogens (tertiary/aromatic N) is 2. The molecule has 1 aliphatic rings. The van der Waals surface area contributed by atoms with Gasteiger partial charge in [-0.25, -0.2) is 9.37 Å². The van der Waals surface area contributed by atoms with Crippen molar-refractivity contribution in [1.29, 1.82) is 0 Å². The third-order valence-corrected chi connectivity index (χ3v) is 4.84. The third-order valence-electron chi connectivity index (χ3n) is 4.84. The van der Waals surface area contributed by atoms with Gasteiger partial charge in [-0.1, -0.05) is 6.08 Å². The molecule has 0 aliphatic heterocycles. The molecule has 0 saturated carbocycles. The summed E-state index contributed by atoms with van der Waals surface area (Å²) in [6, 6.07) is 7.15. The summed E-state index contributed by atoms with van der Waals surface area (Å²) in [5, 5.41) is 0. The van der Waals surface area contributed by atoms with Crippen molar-refractivity contribution in [2.75, 3.05) is 7.11 Å². The van der Waals surface area contributed by atoms with Gasteiger partial charge in [-0.15, -0.1) is 0 Å². The summed E-state index contributed by atoms with van der Waals surface area (Å²) < 4.78 is 21.1. The van der Waals surface area contributed by atoms with Crippen LogP contribution < -0.4 is 4.74 Å². The standard InChI is InChI=1S/C21H21FN2O/c1-14-10-17(15-6-4-3-5-7-15)12-24-13-19(23-21(14)24)16-8-9-20(25-2)18(22)11-16/h6,8-13H,3-5,7H2,1-2H3. The monoisotopic (exact) mass is 336 g/mol. The van der Waals surface area contributed by atoms with Gasteiger partial charge in [0, 0.05) is 18.0 Å². The van der Waals surface area contributed by atoms with Crippen LogP contribution in [0.15, 0.2) is 42.7 Å². The van der Waals surface area contributed by atoms with Crippen LogP contribution >= 0.6 is 0 Å². The largest absolute Gasteiger partial charge is 0.494 e. The number of imidazole rings is 1. The first-order chi connectivity index (χ1) is 12.2. The minimum Gasteiger partial charge on any atom is -0.494 e. The minimum absolute atomic E-state index is 0.246. The Morgan fingerprint density at radius 1 is 1.12 bits per heavy atom. The van der Waals surface area contributed by atoms with E-state index in [1.807, 2.05) is 12.3 Å². The van der Waals surface area contributed by atoms with Crippen molar-refractivity contribution in [3.05, 3.63) is 59.7 Å². The summed E-state index contributed by atoms with van der Waals surface area (Å²) in [6.45, 7) is 2.08. The second-order valence-electron chi connectivity index (χ2n) is 6.59. The van der Waals surface area contributed by atoms with Crippen LogP contribution in [0.5, 0.6) is 5.75 Å². The van der Waals surface area contributed by atoms with E-state index >= 15 is 0 Å². The number of benzene rings is 1. The van der Waals surface area contributed by atoms with E-state index in [9.17, 15) is 4.39 Å². The van der Waals surface area contributed by atoms with Crippen LogP contribution in [-0.2, 0) is 0 Å². The summed E-state index contributed by atoms with van der Waals surface area (Å²) in [5.41, 5.74) is 6.23. The molecule has 1 aromatic carbocycles. The zero-order chi connectivity index (χ0) is 17.4. The molecule has 0 fully saturated rings. The molecule has 1 aliphatic carbocycles. The predicted molar refractivity (Wildman–Crippen MR) is 98.3 cm³/mol. The second kappa shape index (κ2) is 6.36. The van der Waals surface area contributed by atoms with Crippen molar-refractivity contribution in [3.63, 3.8) is 0 Å². The molecule has 4 rings (SSSR count). The van der Waals surface area contributed by atoms with Crippen molar-refractivity contribution >= 4 is 11.2 Å². The van der Waals surface area contributed by atoms with Crippen LogP contribution in [0.2, 0.25) is 0 Å². The molecule has 0 unspecified atom stereocenters. The zero-order valence-electron chi connectivity index (χ0n) is 14.6. The third kappa shape index (κ3) is 2.93. The molecule has 0 bridgehead atoms. The molecule has 2 aromatic heterocycles. The smallest absolute Gasteiger partial charge is 0.165 e. The van der Waals surface area contributed by atoms with Gasteiger partial charge in [0.2, 0.25) is 0 Å². The first-order valence-electron chi connectivity index (χ1n) is 8.68. The Labute approximate surface area is 146 Å². The Morgan fingerprint density at radius 2 is 2.00 bits per heavy atom. The van der Waals surface area contributed by atoms with E-state index in [0.29, 0.717) is 0 Å². The molecule has 4 heteroatoms. The summed E-state index contributed by atoms with van der Waals surface area (Å²) in [5.74, 6) is -0.128. The van der Waals surface area contributed by atoms with Crippen LogP contribution in [0.4, 0.5) is 4.39 Å². The van der Waals surface area contributed by atoms with Gasteiger partial charge < -0.3 is 9.14 Å². The normalized spacial score (nSPS) is 14.6. The number of methoxy groups -OCH3 is 1. The van der Waals surface area contributed by atoms with E-state index in [1.54, 1.807) is 6.07 Å². The van der Waals surface area contributed by atoms with Gasteiger partial charge in [0.15, 0.2) is 11.6 Å². The summed E-state index contributed by atoms with van der Waals surface area (Å²) in [6.07, 6.45) is 11.3. The number of rotatable bonds is 3. The molecule has 0 radical (unpaired) electrons. The zero-order valence-corrected chi connectivity index (χ0v) is 14.6. The number of aryl methyl sites for hydroxylation is 1. The summed E-state index contributed by atoms with van der Waals surface area (Å²) in [4.78, 5) is 4.70. The van der Waals surface area contributed by atoms with Crippen molar-refractivity contribution in [1.82, 2.24) is 9.38 Å². The van der Waals surface area contributed by atoms with E-state index in [-0.39, 0.29) is 11.6 Å². The number of fused-ring (bicyclic) bond motifs is 1. The Bertz CT molecular complexity index is 971. The fraction of sp³-hybridized carbons (Fsp3) is 0.286. The van der Waals surface area contributed by atoms with Crippen LogP contribution in [0.3, 0.4) is 0 Å². The van der Waals surface area contributed by atoms with E-state index in [0.717, 1.165) is 35.3 Å². The molecule has 25 heavy (non-hydrogen) atoms. The van der Waals surface area contributed by atoms with Gasteiger partial charge in [-0.05, 0) is 73.6 Å². The van der Waals surface area contributed by atoms with Gasteiger partial charge in [0.25, 0.3) is 0 Å². The molecular weight excluding hydrogens is 315 g/mol. The van der Waals surface area contributed by atoms with Crippen LogP contribution in [-0.4, -0.2) is 16.5 Å². The predicted octanol–water partition coefficient (Wildman–Crippen LogP) is 5.41. The molecule has 128 valence electrons. The molecule has 0 N–H and O–H groups in total. The van der Waals surface area contributed by atoms with Crippen LogP contribution in [0.25, 0.3) is 22.5 Å². The van der Waals surface area contributed by atoms with Crippen molar-refractivity contribution in [2.24, 2.45) is 0 Å². The lowest BCUT2D eigenvalue weighted by Gasteiger charge is -2.14. The second-order valence-corrected chi connectivity index (χ2v) is 6.59. The Balaban J connectivity index is 1.78. The van der Waals surface area contributed by atoms with E-state index in [2.05, 4.69) is 29.7 Å². The minimum atomic E-state index is -0.373. The van der Waals surface area contributed by atoms with Crippen LogP contribution in [0, 0.1) is 12.7 Å². The first kappa shape index (κ1) is 15.9. The average molecular weight is 336 g/mol. The molecule has 2 heterocycles. The highest BCUT2D eigenvalue weighted by Crippen LogP contribution is 2.30. The number of allylic oxidation sites excluding steroid dienone is 2. The molecule has 0 amide bonds. The molecule has 3 aromatic rings. The number of ether oxygens (including phenoxy) is 1. The van der Waals surface area contributed by atoms with Gasteiger partial charge in [0.1, 0.15) is 5.65 Å². The fourth-order valence-corrected chi connectivity index (χ4v) is 3.51. The van der Waals surface area contributed by atoms with Gasteiger partial charge in [-0.2, -0.15) is 0 Å². The number of hydrogen-bond acceptors (Lipinski definition) is 2. The first-order valence-corrected chi connectivity index (χ1v) is 8.68.